The maximum atomic E-state index is 10.5. The van der Waals surface area contributed by atoms with E-state index in [0.717, 1.165) is 13.8 Å². The van der Waals surface area contributed by atoms with Crippen molar-refractivity contribution in [2.75, 3.05) is 0 Å². The fraction of sp³-hybridized carbons (Fsp3) is 0.438. The summed E-state index contributed by atoms with van der Waals surface area (Å²) in [5.41, 5.74) is -0.716. The first-order valence-electron chi connectivity index (χ1n) is 14.5. The number of hydrogen-bond acceptors (Lipinski definition) is 12. The van der Waals surface area contributed by atoms with Crippen molar-refractivity contribution in [1.82, 2.24) is 29.5 Å². The molecule has 1 radical (unpaired) electrons. The summed E-state index contributed by atoms with van der Waals surface area (Å²) < 4.78 is 14.7. The van der Waals surface area contributed by atoms with Gasteiger partial charge in [-0.3, -0.25) is 0 Å². The van der Waals surface area contributed by atoms with E-state index in [1.807, 2.05) is 41.5 Å². The second-order valence-electron chi connectivity index (χ2n) is 12.3. The molecule has 0 fully saturated rings. The molecule has 14 nitrogen and oxygen atoms in total. The number of ether oxygens (including phenoxy) is 2. The van der Waals surface area contributed by atoms with E-state index in [9.17, 15) is 10.2 Å². The number of aliphatic hydroxyl groups is 2. The largest absolute Gasteiger partial charge is 2.00 e. The molecule has 2 aromatic carbocycles. The van der Waals surface area contributed by atoms with E-state index < -0.39 is 36.6 Å². The molecular formula is C32H42Cl2CuN6O8. The first-order valence-corrected chi connectivity index (χ1v) is 15.2. The van der Waals surface area contributed by atoms with Gasteiger partial charge >= 0.3 is 17.1 Å². The van der Waals surface area contributed by atoms with E-state index in [0.29, 0.717) is 21.5 Å². The molecule has 0 aliphatic carbocycles. The van der Waals surface area contributed by atoms with Crippen LogP contribution >= 0.6 is 23.2 Å². The van der Waals surface area contributed by atoms with Crippen LogP contribution in [-0.4, -0.2) is 63.9 Å². The van der Waals surface area contributed by atoms with E-state index in [1.54, 1.807) is 48.5 Å². The Labute approximate surface area is 306 Å². The molecule has 0 aliphatic heterocycles. The topological polar surface area (TPSA) is 201 Å². The zero-order valence-electron chi connectivity index (χ0n) is 28.3. The molecule has 0 unspecified atom stereocenters. The Morgan fingerprint density at radius 2 is 0.939 bits per heavy atom. The van der Waals surface area contributed by atoms with E-state index in [1.165, 1.54) is 34.7 Å². The number of carboxylic acids is 2. The van der Waals surface area contributed by atoms with Gasteiger partial charge in [-0.2, -0.15) is 10.2 Å². The average molecular weight is 773 g/mol. The molecular weight excluding hydrogens is 731 g/mol. The molecule has 17 heteroatoms. The SMILES string of the molecule is CC(=O)[O-].CC(=O)[O-].CC(C)(C)[C@@H](O)[C@H](Oc1ccc(Cl)cc1)n1cncn1.CC(C)(C)[C@H](O)[C@@H](Oc1ccc(Cl)cc1)n1cncn1.[Cu+2]. The number of hydrogen-bond donors (Lipinski definition) is 2. The van der Waals surface area contributed by atoms with Gasteiger partial charge in [0, 0.05) is 22.0 Å². The van der Waals surface area contributed by atoms with Gasteiger partial charge in [0.05, 0.1) is 0 Å². The van der Waals surface area contributed by atoms with Crippen LogP contribution in [0.2, 0.25) is 10.0 Å². The standard InChI is InChI=1S/2C14H18ClN3O2.2C2H4O2.Cu/c2*1-14(2,3)12(19)13(18-9-16-8-17-18)20-11-6-4-10(15)5-7-11;2*1-2(3)4;/h2*4-9,12-13,19H,1-3H3;2*1H3,(H,3,4);/q;;;;+2/p-2/t2*12-,13-;;;/m10.../s1. The summed E-state index contributed by atoms with van der Waals surface area (Å²) >= 11 is 11.7. The first kappa shape index (κ1) is 45.3. The summed E-state index contributed by atoms with van der Waals surface area (Å²) in [4.78, 5) is 25.6. The minimum absolute atomic E-state index is 0. The van der Waals surface area contributed by atoms with E-state index in [-0.39, 0.29) is 27.9 Å². The molecule has 0 bridgehead atoms. The van der Waals surface area contributed by atoms with Crippen LogP contribution < -0.4 is 19.7 Å². The van der Waals surface area contributed by atoms with Gasteiger partial charge in [-0.25, -0.2) is 19.3 Å². The van der Waals surface area contributed by atoms with E-state index >= 15 is 0 Å². The molecule has 0 saturated carbocycles. The number of halogens is 2. The number of carbonyl (C=O) groups is 2. The van der Waals surface area contributed by atoms with Gasteiger partial charge in [0.2, 0.25) is 12.5 Å². The molecule has 4 aromatic rings. The van der Waals surface area contributed by atoms with Crippen LogP contribution in [0.3, 0.4) is 0 Å². The second-order valence-corrected chi connectivity index (χ2v) is 13.2. The number of nitrogens with zero attached hydrogens (tertiary/aromatic N) is 6. The third kappa shape index (κ3) is 18.0. The number of aromatic nitrogens is 6. The van der Waals surface area contributed by atoms with Crippen molar-refractivity contribution >= 4 is 35.1 Å². The Hall–Kier alpha value is -3.72. The molecule has 4 atom stereocenters. The fourth-order valence-corrected chi connectivity index (χ4v) is 3.64. The second kappa shape index (κ2) is 21.4. The van der Waals surface area contributed by atoms with Crippen LogP contribution in [0.1, 0.15) is 67.8 Å². The average Bonchev–Trinajstić information content (AvgIpc) is 3.70. The molecule has 49 heavy (non-hydrogen) atoms. The van der Waals surface area contributed by atoms with Crippen molar-refractivity contribution in [1.29, 1.82) is 0 Å². The number of aliphatic carboxylic acids is 2. The van der Waals surface area contributed by atoms with Gasteiger partial charge in [-0.1, -0.05) is 64.7 Å². The monoisotopic (exact) mass is 771 g/mol. The quantitative estimate of drug-likeness (QED) is 0.248. The number of carboxylic acid groups (broad SMARTS) is 2. The summed E-state index contributed by atoms with van der Waals surface area (Å²) in [6, 6.07) is 13.9. The summed E-state index contributed by atoms with van der Waals surface area (Å²) in [5, 5.41) is 48.1. The minimum atomic E-state index is -1.08. The Balaban J connectivity index is 0.000000759. The molecule has 273 valence electrons. The van der Waals surface area contributed by atoms with Gasteiger partial charge in [0.1, 0.15) is 49.0 Å². The molecule has 2 N–H and O–H groups in total. The Morgan fingerprint density at radius 3 is 1.14 bits per heavy atom. The smallest absolute Gasteiger partial charge is 0.550 e. The summed E-state index contributed by atoms with van der Waals surface area (Å²) in [6.07, 6.45) is 3.06. The maximum Gasteiger partial charge on any atom is 2.00 e. The molecule has 2 heterocycles. The molecule has 2 aromatic heterocycles. The van der Waals surface area contributed by atoms with Crippen LogP contribution in [0.5, 0.6) is 11.5 Å². The number of rotatable bonds is 8. The zero-order valence-corrected chi connectivity index (χ0v) is 30.8. The van der Waals surface area contributed by atoms with Gasteiger partial charge in [-0.05, 0) is 73.2 Å². The first-order chi connectivity index (χ1) is 22.2. The van der Waals surface area contributed by atoms with E-state index in [4.69, 9.17) is 52.5 Å². The number of benzene rings is 2. The van der Waals surface area contributed by atoms with Gasteiger partial charge in [0.25, 0.3) is 0 Å². The molecule has 0 saturated heterocycles. The minimum Gasteiger partial charge on any atom is -0.550 e. The van der Waals surface area contributed by atoms with E-state index in [2.05, 4.69) is 20.2 Å². The molecule has 0 spiro atoms. The van der Waals surface area contributed by atoms with Crippen molar-refractivity contribution in [3.05, 3.63) is 83.9 Å². The summed E-state index contributed by atoms with van der Waals surface area (Å²) in [7, 11) is 0. The third-order valence-corrected chi connectivity index (χ3v) is 6.35. The number of aliphatic hydroxyl groups excluding tert-OH is 2. The maximum absolute atomic E-state index is 10.5. The van der Waals surface area contributed by atoms with Crippen LogP contribution in [0.25, 0.3) is 0 Å². The van der Waals surface area contributed by atoms with Crippen LogP contribution in [-0.2, 0) is 26.7 Å². The zero-order chi connectivity index (χ0) is 36.7. The van der Waals surface area contributed by atoms with Gasteiger partial charge in [0.15, 0.2) is 0 Å². The Morgan fingerprint density at radius 1 is 0.673 bits per heavy atom. The fourth-order valence-electron chi connectivity index (χ4n) is 3.38. The van der Waals surface area contributed by atoms with Crippen molar-refractivity contribution < 1.29 is 56.6 Å². The summed E-state index contributed by atoms with van der Waals surface area (Å²) in [6.45, 7) is 13.6. The number of carbonyl (C=O) groups excluding carboxylic acids is 2. The molecule has 4 rings (SSSR count). The molecule has 0 amide bonds. The van der Waals surface area contributed by atoms with Crippen molar-refractivity contribution in [3.63, 3.8) is 0 Å². The van der Waals surface area contributed by atoms with Gasteiger partial charge in [-0.15, -0.1) is 0 Å². The van der Waals surface area contributed by atoms with Crippen molar-refractivity contribution in [3.8, 4) is 11.5 Å². The van der Waals surface area contributed by atoms with Crippen molar-refractivity contribution in [2.45, 2.75) is 80.1 Å². The van der Waals surface area contributed by atoms with Gasteiger partial charge < -0.3 is 39.5 Å². The third-order valence-electron chi connectivity index (χ3n) is 5.85. The predicted octanol–water partition coefficient (Wildman–Crippen LogP) is 3.34. The Bertz CT molecular complexity index is 1360. The van der Waals surface area contributed by atoms with Crippen molar-refractivity contribution in [2.24, 2.45) is 10.8 Å². The normalized spacial score (nSPS) is 13.1. The van der Waals surface area contributed by atoms with Crippen LogP contribution in [0, 0.1) is 10.8 Å². The Kier molecular flexibility index (Phi) is 19.8. The summed E-state index contributed by atoms with van der Waals surface area (Å²) in [5.74, 6) is -0.948. The van der Waals surface area contributed by atoms with Crippen LogP contribution in [0.15, 0.2) is 73.8 Å². The predicted molar refractivity (Wildman–Crippen MR) is 175 cm³/mol. The van der Waals surface area contributed by atoms with Crippen LogP contribution in [0.4, 0.5) is 0 Å². The molecule has 0 aliphatic rings.